The van der Waals surface area contributed by atoms with E-state index in [1.54, 1.807) is 24.3 Å². The van der Waals surface area contributed by atoms with Crippen LogP contribution in [0.2, 0.25) is 5.02 Å². The molecule has 0 aliphatic heterocycles. The van der Waals surface area contributed by atoms with Gasteiger partial charge < -0.3 is 9.73 Å². The number of nitrogens with one attached hydrogen (secondary N) is 1. The third kappa shape index (κ3) is 3.16. The Balaban J connectivity index is 1.66. The van der Waals surface area contributed by atoms with Crippen LogP contribution >= 0.6 is 22.9 Å². The summed E-state index contributed by atoms with van der Waals surface area (Å²) in [7, 11) is 0. The molecule has 0 spiro atoms. The molecule has 4 nitrogen and oxygen atoms in total. The topological polar surface area (TPSA) is 55.1 Å². The maximum atomic E-state index is 12.2. The Bertz CT molecular complexity index is 1070. The quantitative estimate of drug-likeness (QED) is 0.499. The Morgan fingerprint density at radius 2 is 2.08 bits per heavy atom. The van der Waals surface area contributed by atoms with E-state index in [1.807, 2.05) is 36.6 Å². The lowest BCUT2D eigenvalue weighted by atomic mass is 10.1. The number of halogens is 1. The van der Waals surface area contributed by atoms with Crippen LogP contribution in [0, 0.1) is 6.92 Å². The van der Waals surface area contributed by atoms with Crippen molar-refractivity contribution >= 4 is 45.6 Å². The van der Waals surface area contributed by atoms with Crippen molar-refractivity contribution in [2.24, 2.45) is 0 Å². The molecule has 0 bridgehead atoms. The molecule has 1 N–H and O–H groups in total. The van der Waals surface area contributed by atoms with Crippen LogP contribution in [-0.2, 0) is 0 Å². The summed E-state index contributed by atoms with van der Waals surface area (Å²) in [4.78, 5) is 17.3. The molecule has 6 heteroatoms. The number of rotatable bonds is 3. The Morgan fingerprint density at radius 3 is 2.84 bits per heavy atom. The zero-order valence-corrected chi connectivity index (χ0v) is 14.8. The van der Waals surface area contributed by atoms with E-state index < -0.39 is 0 Å². The van der Waals surface area contributed by atoms with Crippen LogP contribution in [0.25, 0.3) is 22.6 Å². The van der Waals surface area contributed by atoms with Gasteiger partial charge in [-0.3, -0.25) is 4.79 Å². The molecular formula is C19H13ClN2O2S. The van der Waals surface area contributed by atoms with Crippen molar-refractivity contribution in [3.8, 4) is 11.5 Å². The first kappa shape index (κ1) is 15.9. The van der Waals surface area contributed by atoms with Crippen molar-refractivity contribution in [2.45, 2.75) is 6.92 Å². The number of carbonyl (C=O) groups is 1. The van der Waals surface area contributed by atoms with Crippen molar-refractivity contribution in [3.05, 3.63) is 69.4 Å². The third-order valence-electron chi connectivity index (χ3n) is 3.75. The van der Waals surface area contributed by atoms with E-state index in [9.17, 15) is 4.79 Å². The highest BCUT2D eigenvalue weighted by Gasteiger charge is 2.13. The highest BCUT2D eigenvalue weighted by Crippen LogP contribution is 2.31. The fourth-order valence-corrected chi connectivity index (χ4v) is 3.45. The summed E-state index contributed by atoms with van der Waals surface area (Å²) in [5.74, 6) is 0.321. The predicted molar refractivity (Wildman–Crippen MR) is 101 cm³/mol. The summed E-state index contributed by atoms with van der Waals surface area (Å²) < 4.78 is 5.80. The number of aromatic nitrogens is 1. The van der Waals surface area contributed by atoms with Gasteiger partial charge in [0.2, 0.25) is 5.89 Å². The fourth-order valence-electron chi connectivity index (χ4n) is 2.51. The SMILES string of the molecule is Cc1ccc(-c2nc3cc(NC(=O)c4cccs4)ccc3o2)c(Cl)c1. The summed E-state index contributed by atoms with van der Waals surface area (Å²) in [5.41, 5.74) is 3.79. The second-order valence-corrected chi connectivity index (χ2v) is 6.97. The lowest BCUT2D eigenvalue weighted by Crippen LogP contribution is -2.09. The molecule has 0 aliphatic rings. The van der Waals surface area contributed by atoms with Gasteiger partial charge in [-0.25, -0.2) is 4.98 Å². The molecule has 0 fully saturated rings. The second-order valence-electron chi connectivity index (χ2n) is 5.62. The number of nitrogens with zero attached hydrogens (tertiary/aromatic N) is 1. The first-order valence-corrected chi connectivity index (χ1v) is 8.88. The Labute approximate surface area is 153 Å². The maximum absolute atomic E-state index is 12.2. The number of benzene rings is 2. The van der Waals surface area contributed by atoms with Crippen LogP contribution < -0.4 is 5.32 Å². The highest BCUT2D eigenvalue weighted by molar-refractivity contribution is 7.12. The molecule has 0 saturated heterocycles. The first-order valence-electron chi connectivity index (χ1n) is 7.62. The van der Waals surface area contributed by atoms with E-state index in [0.717, 1.165) is 11.1 Å². The van der Waals surface area contributed by atoms with E-state index in [2.05, 4.69) is 10.3 Å². The van der Waals surface area contributed by atoms with Gasteiger partial charge in [-0.1, -0.05) is 23.7 Å². The smallest absolute Gasteiger partial charge is 0.265 e. The van der Waals surface area contributed by atoms with E-state index in [0.29, 0.717) is 32.6 Å². The van der Waals surface area contributed by atoms with Gasteiger partial charge in [-0.05, 0) is 54.3 Å². The molecule has 1 amide bonds. The number of hydrogen-bond donors (Lipinski definition) is 1. The fraction of sp³-hybridized carbons (Fsp3) is 0.0526. The first-order chi connectivity index (χ1) is 12.1. The summed E-state index contributed by atoms with van der Waals surface area (Å²) in [6, 6.07) is 14.7. The van der Waals surface area contributed by atoms with E-state index in [-0.39, 0.29) is 5.91 Å². The van der Waals surface area contributed by atoms with Crippen molar-refractivity contribution in [3.63, 3.8) is 0 Å². The lowest BCUT2D eigenvalue weighted by molar-refractivity contribution is 0.103. The van der Waals surface area contributed by atoms with Crippen molar-refractivity contribution < 1.29 is 9.21 Å². The predicted octanol–water partition coefficient (Wildman–Crippen LogP) is 5.77. The maximum Gasteiger partial charge on any atom is 0.265 e. The van der Waals surface area contributed by atoms with Gasteiger partial charge in [0.15, 0.2) is 5.58 Å². The van der Waals surface area contributed by atoms with Gasteiger partial charge in [0.05, 0.1) is 15.5 Å². The molecular weight excluding hydrogens is 356 g/mol. The normalized spacial score (nSPS) is 11.0. The van der Waals surface area contributed by atoms with Crippen molar-refractivity contribution in [1.82, 2.24) is 4.98 Å². The van der Waals surface area contributed by atoms with E-state index in [1.165, 1.54) is 11.3 Å². The van der Waals surface area contributed by atoms with Gasteiger partial charge in [0.25, 0.3) is 5.91 Å². The largest absolute Gasteiger partial charge is 0.436 e. The van der Waals surface area contributed by atoms with Gasteiger partial charge >= 0.3 is 0 Å². The Hall–Kier alpha value is -2.63. The molecule has 4 aromatic rings. The molecule has 0 atom stereocenters. The second kappa shape index (κ2) is 6.35. The summed E-state index contributed by atoms with van der Waals surface area (Å²) in [6.45, 7) is 1.98. The molecule has 0 saturated carbocycles. The van der Waals surface area contributed by atoms with Crippen LogP contribution in [0.5, 0.6) is 0 Å². The Kier molecular flexibility index (Phi) is 4.03. The summed E-state index contributed by atoms with van der Waals surface area (Å²) >= 11 is 7.69. The number of amides is 1. The number of oxazole rings is 1. The molecule has 0 aliphatic carbocycles. The van der Waals surface area contributed by atoms with Crippen LogP contribution in [0.4, 0.5) is 5.69 Å². The number of thiophene rings is 1. The third-order valence-corrected chi connectivity index (χ3v) is 4.93. The Morgan fingerprint density at radius 1 is 1.20 bits per heavy atom. The van der Waals surface area contributed by atoms with E-state index in [4.69, 9.17) is 16.0 Å². The van der Waals surface area contributed by atoms with Crippen LogP contribution in [0.15, 0.2) is 58.3 Å². The molecule has 0 radical (unpaired) electrons. The summed E-state index contributed by atoms with van der Waals surface area (Å²) in [5, 5.41) is 5.33. The zero-order chi connectivity index (χ0) is 17.4. The molecule has 4 rings (SSSR count). The average molecular weight is 369 g/mol. The van der Waals surface area contributed by atoms with Crippen molar-refractivity contribution in [2.75, 3.05) is 5.32 Å². The van der Waals surface area contributed by atoms with Gasteiger partial charge in [-0.2, -0.15) is 0 Å². The van der Waals surface area contributed by atoms with Crippen LogP contribution in [0.1, 0.15) is 15.2 Å². The van der Waals surface area contributed by atoms with Crippen LogP contribution in [0.3, 0.4) is 0 Å². The zero-order valence-electron chi connectivity index (χ0n) is 13.2. The molecule has 25 heavy (non-hydrogen) atoms. The lowest BCUT2D eigenvalue weighted by Gasteiger charge is -2.02. The standard InChI is InChI=1S/C19H13ClN2O2S/c1-11-4-6-13(14(20)9-11)19-22-15-10-12(5-7-16(15)24-19)21-18(23)17-3-2-8-25-17/h2-10H,1H3,(H,21,23). The molecule has 2 heterocycles. The number of aryl methyl sites for hydroxylation is 1. The van der Waals surface area contributed by atoms with E-state index >= 15 is 0 Å². The van der Waals surface area contributed by atoms with Crippen molar-refractivity contribution in [1.29, 1.82) is 0 Å². The summed E-state index contributed by atoms with van der Waals surface area (Å²) in [6.07, 6.45) is 0. The minimum Gasteiger partial charge on any atom is -0.436 e. The molecule has 124 valence electrons. The minimum absolute atomic E-state index is 0.139. The number of fused-ring (bicyclic) bond motifs is 1. The molecule has 2 aromatic carbocycles. The van der Waals surface area contributed by atoms with Gasteiger partial charge in [-0.15, -0.1) is 11.3 Å². The number of anilines is 1. The minimum atomic E-state index is -0.139. The highest BCUT2D eigenvalue weighted by atomic mass is 35.5. The van der Waals surface area contributed by atoms with Gasteiger partial charge in [0.1, 0.15) is 5.52 Å². The van der Waals surface area contributed by atoms with Crippen LogP contribution in [-0.4, -0.2) is 10.9 Å². The molecule has 0 unspecified atom stereocenters. The monoisotopic (exact) mass is 368 g/mol. The van der Waals surface area contributed by atoms with Gasteiger partial charge in [0, 0.05) is 5.69 Å². The number of hydrogen-bond acceptors (Lipinski definition) is 4. The molecule has 2 aromatic heterocycles. The average Bonchev–Trinajstić information content (AvgIpc) is 3.24. The number of carbonyl (C=O) groups excluding carboxylic acids is 1.